The summed E-state index contributed by atoms with van der Waals surface area (Å²) in [5.74, 6) is 0.864. The fraction of sp³-hybridized carbons (Fsp3) is 0.765. The molecule has 1 aromatic rings. The summed E-state index contributed by atoms with van der Waals surface area (Å²) < 4.78 is 0. The normalized spacial score (nSPS) is 18.0. The van der Waals surface area contributed by atoms with E-state index in [2.05, 4.69) is 22.5 Å². The quantitative estimate of drug-likeness (QED) is 0.528. The zero-order valence-electron chi connectivity index (χ0n) is 14.4. The van der Waals surface area contributed by atoms with E-state index in [4.69, 9.17) is 4.99 Å². The highest BCUT2D eigenvalue weighted by atomic mass is 32.1. The highest BCUT2D eigenvalue weighted by molar-refractivity contribution is 7.09. The zero-order chi connectivity index (χ0) is 16.5. The third-order valence-electron chi connectivity index (χ3n) is 4.76. The van der Waals surface area contributed by atoms with Gasteiger partial charge in [0, 0.05) is 24.6 Å². The van der Waals surface area contributed by atoms with Crippen LogP contribution in [0.4, 0.5) is 0 Å². The molecule has 0 aliphatic heterocycles. The van der Waals surface area contributed by atoms with Crippen molar-refractivity contribution in [1.82, 2.24) is 15.6 Å². The zero-order valence-corrected chi connectivity index (χ0v) is 15.2. The first-order valence-corrected chi connectivity index (χ1v) is 9.59. The Morgan fingerprint density at radius 2 is 2.13 bits per heavy atom. The molecular weight excluding hydrogens is 308 g/mol. The molecule has 0 amide bonds. The van der Waals surface area contributed by atoms with Crippen LogP contribution in [0.25, 0.3) is 0 Å². The molecule has 0 atom stereocenters. The summed E-state index contributed by atoms with van der Waals surface area (Å²) in [4.78, 5) is 10.2. The van der Waals surface area contributed by atoms with E-state index in [0.717, 1.165) is 31.2 Å². The lowest BCUT2D eigenvalue weighted by Crippen LogP contribution is -2.44. The lowest BCUT2D eigenvalue weighted by Gasteiger charge is -2.37. The molecule has 1 aliphatic rings. The molecule has 1 aromatic heterocycles. The van der Waals surface area contributed by atoms with Crippen molar-refractivity contribution in [3.8, 4) is 0 Å². The Bertz CT molecular complexity index is 489. The molecular formula is C17H30N4OS. The molecule has 1 aliphatic carbocycles. The van der Waals surface area contributed by atoms with E-state index >= 15 is 0 Å². The van der Waals surface area contributed by atoms with E-state index in [1.54, 1.807) is 11.3 Å². The van der Waals surface area contributed by atoms with Gasteiger partial charge < -0.3 is 15.7 Å². The van der Waals surface area contributed by atoms with E-state index in [9.17, 15) is 5.11 Å². The second-order valence-electron chi connectivity index (χ2n) is 6.44. The first kappa shape index (κ1) is 18.2. The van der Waals surface area contributed by atoms with E-state index in [1.165, 1.54) is 37.0 Å². The van der Waals surface area contributed by atoms with Crippen LogP contribution in [0.1, 0.15) is 56.0 Å². The number of aliphatic imine (C=N–C) groups is 1. The number of nitrogens with zero attached hydrogens (tertiary/aromatic N) is 2. The number of nitrogens with one attached hydrogen (secondary N) is 2. The maximum absolute atomic E-state index is 9.43. The van der Waals surface area contributed by atoms with Gasteiger partial charge in [-0.1, -0.05) is 19.3 Å². The summed E-state index contributed by atoms with van der Waals surface area (Å²) in [5, 5.41) is 16.3. The van der Waals surface area contributed by atoms with Crippen LogP contribution < -0.4 is 10.6 Å². The minimum atomic E-state index is 0.226. The molecule has 23 heavy (non-hydrogen) atoms. The number of aliphatic hydroxyl groups is 1. The molecule has 1 heterocycles. The van der Waals surface area contributed by atoms with Gasteiger partial charge in [0.15, 0.2) is 5.96 Å². The summed E-state index contributed by atoms with van der Waals surface area (Å²) in [6.07, 6.45) is 7.16. The highest BCUT2D eigenvalue weighted by Gasteiger charge is 2.31. The first-order valence-electron chi connectivity index (χ1n) is 8.71. The molecule has 0 radical (unpaired) electrons. The van der Waals surface area contributed by atoms with Crippen LogP contribution in [0.15, 0.2) is 10.5 Å². The monoisotopic (exact) mass is 338 g/mol. The fourth-order valence-corrected chi connectivity index (χ4v) is 4.00. The SMILES string of the molecule is CCNC(=NCc1scnc1C)NCC1(CCO)CCCCC1. The number of aryl methyl sites for hydroxylation is 1. The molecule has 0 saturated heterocycles. The van der Waals surface area contributed by atoms with Gasteiger partial charge in [0.1, 0.15) is 0 Å². The predicted octanol–water partition coefficient (Wildman–Crippen LogP) is 2.84. The Morgan fingerprint density at radius 1 is 1.35 bits per heavy atom. The number of aliphatic hydroxyl groups excluding tert-OH is 1. The lowest BCUT2D eigenvalue weighted by atomic mass is 9.72. The molecule has 0 unspecified atom stereocenters. The number of rotatable bonds is 7. The van der Waals surface area contributed by atoms with Gasteiger partial charge in [-0.2, -0.15) is 0 Å². The van der Waals surface area contributed by atoms with Crippen molar-refractivity contribution in [2.45, 2.75) is 58.9 Å². The minimum absolute atomic E-state index is 0.226. The van der Waals surface area contributed by atoms with Crippen molar-refractivity contribution in [3.05, 3.63) is 16.1 Å². The summed E-state index contributed by atoms with van der Waals surface area (Å²) in [5.41, 5.74) is 3.17. The van der Waals surface area contributed by atoms with E-state index in [0.29, 0.717) is 6.54 Å². The molecule has 0 bridgehead atoms. The van der Waals surface area contributed by atoms with Crippen LogP contribution in [0, 0.1) is 12.3 Å². The predicted molar refractivity (Wildman–Crippen MR) is 96.9 cm³/mol. The topological polar surface area (TPSA) is 69.5 Å². The summed E-state index contributed by atoms with van der Waals surface area (Å²) in [6.45, 7) is 6.79. The van der Waals surface area contributed by atoms with Crippen LogP contribution in [0.2, 0.25) is 0 Å². The molecule has 1 fully saturated rings. The molecule has 0 aromatic carbocycles. The van der Waals surface area contributed by atoms with Gasteiger partial charge in [-0.25, -0.2) is 9.98 Å². The van der Waals surface area contributed by atoms with Crippen molar-refractivity contribution in [3.63, 3.8) is 0 Å². The lowest BCUT2D eigenvalue weighted by molar-refractivity contribution is 0.131. The first-order chi connectivity index (χ1) is 11.2. The van der Waals surface area contributed by atoms with Crippen molar-refractivity contribution >= 4 is 17.3 Å². The Morgan fingerprint density at radius 3 is 2.74 bits per heavy atom. The largest absolute Gasteiger partial charge is 0.396 e. The molecule has 5 nitrogen and oxygen atoms in total. The van der Waals surface area contributed by atoms with Crippen LogP contribution >= 0.6 is 11.3 Å². The van der Waals surface area contributed by atoms with Crippen molar-refractivity contribution in [1.29, 1.82) is 0 Å². The van der Waals surface area contributed by atoms with Gasteiger partial charge in [0.05, 0.1) is 17.7 Å². The number of hydrogen-bond acceptors (Lipinski definition) is 4. The van der Waals surface area contributed by atoms with Gasteiger partial charge in [0.25, 0.3) is 0 Å². The Labute approximate surface area is 143 Å². The molecule has 130 valence electrons. The Kier molecular flexibility index (Phi) is 7.30. The Hall–Kier alpha value is -1.14. The van der Waals surface area contributed by atoms with Gasteiger partial charge in [-0.3, -0.25) is 0 Å². The average Bonchev–Trinajstić information content (AvgIpc) is 2.96. The molecule has 3 N–H and O–H groups in total. The number of guanidine groups is 1. The summed E-state index contributed by atoms with van der Waals surface area (Å²) in [6, 6.07) is 0. The van der Waals surface area contributed by atoms with Crippen LogP contribution in [0.5, 0.6) is 0 Å². The fourth-order valence-electron chi connectivity index (χ4n) is 3.30. The van der Waals surface area contributed by atoms with Gasteiger partial charge in [-0.05, 0) is 38.5 Å². The minimum Gasteiger partial charge on any atom is -0.396 e. The summed E-state index contributed by atoms with van der Waals surface area (Å²) in [7, 11) is 0. The van der Waals surface area contributed by atoms with Crippen LogP contribution in [-0.4, -0.2) is 35.7 Å². The standard InChI is InChI=1S/C17H30N4OS/c1-3-18-16(19-11-15-14(2)21-13-23-15)20-12-17(9-10-22)7-5-4-6-8-17/h13,22H,3-12H2,1-2H3,(H2,18,19,20). The smallest absolute Gasteiger partial charge is 0.191 e. The van der Waals surface area contributed by atoms with Crippen molar-refractivity contribution in [2.24, 2.45) is 10.4 Å². The molecule has 2 rings (SSSR count). The van der Waals surface area contributed by atoms with Crippen LogP contribution in [0.3, 0.4) is 0 Å². The van der Waals surface area contributed by atoms with Gasteiger partial charge >= 0.3 is 0 Å². The maximum Gasteiger partial charge on any atom is 0.191 e. The van der Waals surface area contributed by atoms with E-state index < -0.39 is 0 Å². The van der Waals surface area contributed by atoms with Crippen LogP contribution in [-0.2, 0) is 6.54 Å². The highest BCUT2D eigenvalue weighted by Crippen LogP contribution is 2.38. The second-order valence-corrected chi connectivity index (χ2v) is 7.38. The summed E-state index contributed by atoms with van der Waals surface area (Å²) >= 11 is 1.66. The van der Waals surface area contributed by atoms with Crippen molar-refractivity contribution < 1.29 is 5.11 Å². The maximum atomic E-state index is 9.43. The third kappa shape index (κ3) is 5.46. The number of aromatic nitrogens is 1. The van der Waals surface area contributed by atoms with Gasteiger partial charge in [0.2, 0.25) is 0 Å². The third-order valence-corrected chi connectivity index (χ3v) is 5.68. The molecule has 6 heteroatoms. The molecule has 1 saturated carbocycles. The number of hydrogen-bond donors (Lipinski definition) is 3. The molecule has 0 spiro atoms. The van der Waals surface area contributed by atoms with Gasteiger partial charge in [-0.15, -0.1) is 11.3 Å². The van der Waals surface area contributed by atoms with Crippen molar-refractivity contribution in [2.75, 3.05) is 19.7 Å². The number of thiazole rings is 1. The average molecular weight is 339 g/mol. The van der Waals surface area contributed by atoms with E-state index in [-0.39, 0.29) is 12.0 Å². The van der Waals surface area contributed by atoms with E-state index in [1.807, 2.05) is 12.4 Å². The second kappa shape index (κ2) is 9.23. The Balaban J connectivity index is 1.96.